The van der Waals surface area contributed by atoms with E-state index in [1.807, 2.05) is 0 Å². The molecule has 0 spiro atoms. The van der Waals surface area contributed by atoms with Crippen LogP contribution in [0.3, 0.4) is 0 Å². The van der Waals surface area contributed by atoms with Gasteiger partial charge in [0.15, 0.2) is 5.92 Å². The van der Waals surface area contributed by atoms with Crippen LogP contribution in [0.2, 0.25) is 0 Å². The topological polar surface area (TPSA) is 26.0 Å². The molecule has 0 radical (unpaired) electrons. The number of benzene rings is 1. The first-order valence-corrected chi connectivity index (χ1v) is 5.43. The number of nitrogens with two attached hydrogens (primary N) is 1. The highest BCUT2D eigenvalue weighted by Gasteiger charge is 2.57. The molecule has 0 unspecified atom stereocenters. The molecule has 1 aromatic carbocycles. The average Bonchev–Trinajstić information content (AvgIpc) is 2.16. The molecule has 21 heavy (non-hydrogen) atoms. The number of thiol groups is 1. The summed E-state index contributed by atoms with van der Waals surface area (Å²) in [5, 5.41) is 0. The summed E-state index contributed by atoms with van der Waals surface area (Å²) in [4.78, 5) is -0.936. The largest absolute Gasteiger partial charge is 0.417 e. The van der Waals surface area contributed by atoms with Crippen LogP contribution >= 0.6 is 12.6 Å². The monoisotopic (exact) mass is 343 g/mol. The van der Waals surface area contributed by atoms with Gasteiger partial charge < -0.3 is 5.73 Å². The molecule has 0 bridgehead atoms. The fourth-order valence-corrected chi connectivity index (χ4v) is 1.88. The van der Waals surface area contributed by atoms with E-state index in [4.69, 9.17) is 5.73 Å². The van der Waals surface area contributed by atoms with Crippen LogP contribution in [0, 0.1) is 0 Å². The molecule has 0 heterocycles. The van der Waals surface area contributed by atoms with Crippen molar-refractivity contribution in [3.63, 3.8) is 0 Å². The number of rotatable bonds is 1. The van der Waals surface area contributed by atoms with Gasteiger partial charge in [0.05, 0.1) is 5.56 Å². The zero-order valence-corrected chi connectivity index (χ0v) is 10.6. The first-order valence-electron chi connectivity index (χ1n) is 4.98. The number of anilines is 1. The zero-order chi connectivity index (χ0) is 16.8. The van der Waals surface area contributed by atoms with E-state index in [0.717, 1.165) is 0 Å². The van der Waals surface area contributed by atoms with Gasteiger partial charge in [-0.2, -0.15) is 39.5 Å². The molecule has 0 saturated carbocycles. The maximum Gasteiger partial charge on any atom is 0.417 e. The van der Waals surface area contributed by atoms with Gasteiger partial charge in [-0.3, -0.25) is 0 Å². The van der Waals surface area contributed by atoms with Crippen LogP contribution in [-0.4, -0.2) is 12.4 Å². The van der Waals surface area contributed by atoms with Gasteiger partial charge in [0.25, 0.3) is 0 Å². The summed E-state index contributed by atoms with van der Waals surface area (Å²) >= 11 is 3.36. The average molecular weight is 343 g/mol. The fraction of sp³-hybridized carbons (Fsp3) is 0.400. The molecule has 0 saturated heterocycles. The Morgan fingerprint density at radius 3 is 1.62 bits per heavy atom. The van der Waals surface area contributed by atoms with E-state index in [0.29, 0.717) is 0 Å². The molecule has 0 aliphatic heterocycles. The van der Waals surface area contributed by atoms with Crippen molar-refractivity contribution in [2.45, 2.75) is 29.3 Å². The fourth-order valence-electron chi connectivity index (χ4n) is 1.63. The van der Waals surface area contributed by atoms with Crippen LogP contribution in [0.4, 0.5) is 45.2 Å². The van der Waals surface area contributed by atoms with Crippen molar-refractivity contribution >= 4 is 18.3 Å². The molecule has 120 valence electrons. The number of hydrogen-bond acceptors (Lipinski definition) is 2. The lowest BCUT2D eigenvalue weighted by molar-refractivity contribution is -0.253. The zero-order valence-electron chi connectivity index (χ0n) is 9.66. The van der Waals surface area contributed by atoms with E-state index in [-0.39, 0.29) is 12.1 Å². The number of halogens is 9. The van der Waals surface area contributed by atoms with E-state index < -0.39 is 46.2 Å². The second-order valence-corrected chi connectivity index (χ2v) is 4.47. The summed E-state index contributed by atoms with van der Waals surface area (Å²) in [6.07, 6.45) is -16.8. The summed E-state index contributed by atoms with van der Waals surface area (Å²) in [6, 6.07) is -0.0619. The van der Waals surface area contributed by atoms with E-state index in [1.165, 1.54) is 0 Å². The first-order chi connectivity index (χ1) is 9.15. The molecule has 1 aromatic rings. The van der Waals surface area contributed by atoms with Gasteiger partial charge in [0.1, 0.15) is 0 Å². The second kappa shape index (κ2) is 5.18. The Bertz CT molecular complexity index is 515. The highest BCUT2D eigenvalue weighted by molar-refractivity contribution is 7.80. The Balaban J connectivity index is 3.59. The molecule has 0 fully saturated rings. The Morgan fingerprint density at radius 2 is 1.29 bits per heavy atom. The maximum atomic E-state index is 12.6. The van der Waals surface area contributed by atoms with Gasteiger partial charge in [0, 0.05) is 10.6 Å². The van der Waals surface area contributed by atoms with Crippen LogP contribution in [0.25, 0.3) is 0 Å². The Morgan fingerprint density at radius 1 is 0.857 bits per heavy atom. The SMILES string of the molecule is Nc1cc(C(C(F)(F)F)C(F)(F)F)cc(C(F)(F)F)c1S. The number of alkyl halides is 9. The molecule has 0 amide bonds. The van der Waals surface area contributed by atoms with Crippen LogP contribution in [0.5, 0.6) is 0 Å². The van der Waals surface area contributed by atoms with Gasteiger partial charge >= 0.3 is 18.5 Å². The van der Waals surface area contributed by atoms with Crippen LogP contribution in [0.1, 0.15) is 17.0 Å². The summed E-state index contributed by atoms with van der Waals surface area (Å²) < 4.78 is 113. The lowest BCUT2D eigenvalue weighted by Gasteiger charge is -2.25. The van der Waals surface area contributed by atoms with Crippen LogP contribution in [0.15, 0.2) is 17.0 Å². The molecule has 2 N–H and O–H groups in total. The Labute approximate surface area is 117 Å². The van der Waals surface area contributed by atoms with Crippen molar-refractivity contribution in [3.05, 3.63) is 23.3 Å². The second-order valence-electron chi connectivity index (χ2n) is 4.02. The minimum Gasteiger partial charge on any atom is -0.398 e. The quantitative estimate of drug-likeness (QED) is 0.428. The molecular weight excluding hydrogens is 337 g/mol. The smallest absolute Gasteiger partial charge is 0.398 e. The number of hydrogen-bond donors (Lipinski definition) is 2. The minimum atomic E-state index is -5.81. The summed E-state index contributed by atoms with van der Waals surface area (Å²) in [5.74, 6) is -4.07. The number of nitrogen functional groups attached to an aromatic ring is 1. The molecular formula is C10H6F9NS. The predicted molar refractivity (Wildman–Crippen MR) is 58.0 cm³/mol. The van der Waals surface area contributed by atoms with Gasteiger partial charge in [0.2, 0.25) is 0 Å². The van der Waals surface area contributed by atoms with E-state index in [1.54, 1.807) is 0 Å². The lowest BCUT2D eigenvalue weighted by Crippen LogP contribution is -2.34. The third-order valence-corrected chi connectivity index (χ3v) is 2.95. The normalized spacial score (nSPS) is 13.9. The van der Waals surface area contributed by atoms with Crippen LogP contribution < -0.4 is 5.73 Å². The van der Waals surface area contributed by atoms with E-state index >= 15 is 0 Å². The summed E-state index contributed by atoms with van der Waals surface area (Å²) in [6.45, 7) is 0. The summed E-state index contributed by atoms with van der Waals surface area (Å²) in [5.41, 5.74) is 0.697. The molecule has 0 aliphatic carbocycles. The Hall–Kier alpha value is -1.26. The highest BCUT2D eigenvalue weighted by atomic mass is 32.1. The van der Waals surface area contributed by atoms with E-state index in [2.05, 4.69) is 12.6 Å². The van der Waals surface area contributed by atoms with Crippen molar-refractivity contribution < 1.29 is 39.5 Å². The molecule has 11 heteroatoms. The van der Waals surface area contributed by atoms with E-state index in [9.17, 15) is 39.5 Å². The maximum absolute atomic E-state index is 12.6. The highest BCUT2D eigenvalue weighted by Crippen LogP contribution is 2.48. The molecule has 0 aliphatic rings. The third kappa shape index (κ3) is 3.89. The molecule has 0 aromatic heterocycles. The standard InChI is InChI=1S/C10H6F9NS/c11-8(12,13)4-1-3(2-5(20)6(4)21)7(9(14,15)16)10(17,18)19/h1-2,7,21H,20H2. The molecule has 0 atom stereocenters. The van der Waals surface area contributed by atoms with Crippen molar-refractivity contribution in [1.82, 2.24) is 0 Å². The van der Waals surface area contributed by atoms with Crippen molar-refractivity contribution in [1.29, 1.82) is 0 Å². The third-order valence-electron chi connectivity index (χ3n) is 2.46. The van der Waals surface area contributed by atoms with Gasteiger partial charge in [-0.15, -0.1) is 12.6 Å². The van der Waals surface area contributed by atoms with Crippen molar-refractivity contribution in [3.8, 4) is 0 Å². The minimum absolute atomic E-state index is 0.184. The first kappa shape index (κ1) is 17.8. The van der Waals surface area contributed by atoms with Gasteiger partial charge in [-0.05, 0) is 17.7 Å². The summed E-state index contributed by atoms with van der Waals surface area (Å²) in [7, 11) is 0. The molecule has 1 nitrogen and oxygen atoms in total. The lowest BCUT2D eigenvalue weighted by atomic mass is 9.95. The Kier molecular flexibility index (Phi) is 4.39. The van der Waals surface area contributed by atoms with Crippen molar-refractivity contribution in [2.75, 3.05) is 5.73 Å². The van der Waals surface area contributed by atoms with Crippen LogP contribution in [-0.2, 0) is 6.18 Å². The van der Waals surface area contributed by atoms with Gasteiger partial charge in [-0.1, -0.05) is 0 Å². The molecule has 1 rings (SSSR count). The van der Waals surface area contributed by atoms with Gasteiger partial charge in [-0.25, -0.2) is 0 Å². The predicted octanol–water partition coefficient (Wildman–Crippen LogP) is 4.78. The van der Waals surface area contributed by atoms with Crippen molar-refractivity contribution in [2.24, 2.45) is 0 Å².